The Morgan fingerprint density at radius 3 is 2.41 bits per heavy atom. The van der Waals surface area contributed by atoms with E-state index in [2.05, 4.69) is 4.98 Å². The van der Waals surface area contributed by atoms with Crippen LogP contribution in [-0.2, 0) is 13.7 Å². The lowest BCUT2D eigenvalue weighted by molar-refractivity contribution is 0.142. The Balaban J connectivity index is 2.39. The van der Waals surface area contributed by atoms with Crippen LogP contribution in [0.5, 0.6) is 0 Å². The molecule has 1 N–H and O–H groups in total. The van der Waals surface area contributed by atoms with Gasteiger partial charge in [0.05, 0.1) is 12.8 Å². The lowest BCUT2D eigenvalue weighted by atomic mass is 10.1. The van der Waals surface area contributed by atoms with Crippen LogP contribution in [0.1, 0.15) is 17.7 Å². The molecular weight excluding hydrogens is 226 g/mol. The first-order valence-corrected chi connectivity index (χ1v) is 5.13. The van der Waals surface area contributed by atoms with Crippen molar-refractivity contribution in [2.24, 2.45) is 7.05 Å². The lowest BCUT2D eigenvalue weighted by Gasteiger charge is -2.05. The predicted octanol–water partition coefficient (Wildman–Crippen LogP) is 2.52. The number of hydrogen-bond donors (Lipinski definition) is 1. The Bertz CT molecular complexity index is 506. The lowest BCUT2D eigenvalue weighted by Crippen LogP contribution is -1.99. The number of rotatable bonds is 3. The molecule has 1 aromatic carbocycles. The summed E-state index contributed by atoms with van der Waals surface area (Å²) in [7, 11) is 1.56. The van der Waals surface area contributed by atoms with Gasteiger partial charge in [-0.05, 0) is 5.56 Å². The van der Waals surface area contributed by atoms with Gasteiger partial charge in [-0.1, -0.05) is 24.3 Å². The van der Waals surface area contributed by atoms with Crippen LogP contribution in [0.4, 0.5) is 8.78 Å². The van der Waals surface area contributed by atoms with E-state index in [-0.39, 0.29) is 12.3 Å². The van der Waals surface area contributed by atoms with E-state index in [1.54, 1.807) is 31.3 Å². The number of aliphatic hydroxyl groups excluding tert-OH is 1. The monoisotopic (exact) mass is 238 g/mol. The highest BCUT2D eigenvalue weighted by atomic mass is 19.3. The number of aromatic nitrogens is 2. The summed E-state index contributed by atoms with van der Waals surface area (Å²) in [6.45, 7) is -0.0386. The Kier molecular flexibility index (Phi) is 3.19. The van der Waals surface area contributed by atoms with Crippen molar-refractivity contribution in [3.63, 3.8) is 0 Å². The molecule has 0 atom stereocenters. The van der Waals surface area contributed by atoms with Gasteiger partial charge in [-0.2, -0.15) is 0 Å². The molecule has 0 unspecified atom stereocenters. The van der Waals surface area contributed by atoms with Crippen molar-refractivity contribution in [2.75, 3.05) is 0 Å². The SMILES string of the molecule is Cn1c(C(F)F)cnc1-c1ccc(CO)cc1. The summed E-state index contributed by atoms with van der Waals surface area (Å²) in [5.74, 6) is 0.491. The summed E-state index contributed by atoms with van der Waals surface area (Å²) in [4.78, 5) is 3.98. The molecule has 2 rings (SSSR count). The number of imidazole rings is 1. The average molecular weight is 238 g/mol. The van der Waals surface area contributed by atoms with Gasteiger partial charge in [0.2, 0.25) is 0 Å². The van der Waals surface area contributed by atoms with Gasteiger partial charge in [0, 0.05) is 12.6 Å². The van der Waals surface area contributed by atoms with E-state index in [9.17, 15) is 8.78 Å². The molecular formula is C12H12F2N2O. The third-order valence-corrected chi connectivity index (χ3v) is 2.64. The highest BCUT2D eigenvalue weighted by molar-refractivity contribution is 5.56. The second-order valence-corrected chi connectivity index (χ2v) is 3.72. The van der Waals surface area contributed by atoms with E-state index in [0.29, 0.717) is 5.82 Å². The standard InChI is InChI=1S/C12H12F2N2O/c1-16-10(11(13)14)6-15-12(16)9-4-2-8(7-17)3-5-9/h2-6,11,17H,7H2,1H3. The van der Waals surface area contributed by atoms with E-state index in [1.807, 2.05) is 0 Å². The van der Waals surface area contributed by atoms with Crippen LogP contribution < -0.4 is 0 Å². The molecule has 0 fully saturated rings. The predicted molar refractivity (Wildman–Crippen MR) is 59.5 cm³/mol. The molecule has 2 aromatic rings. The minimum Gasteiger partial charge on any atom is -0.392 e. The smallest absolute Gasteiger partial charge is 0.280 e. The number of hydrogen-bond acceptors (Lipinski definition) is 2. The minimum absolute atomic E-state index is 0.0386. The zero-order valence-electron chi connectivity index (χ0n) is 9.27. The van der Waals surface area contributed by atoms with Crippen LogP contribution in [0.2, 0.25) is 0 Å². The van der Waals surface area contributed by atoms with Crippen molar-refractivity contribution in [3.8, 4) is 11.4 Å². The molecule has 5 heteroatoms. The summed E-state index contributed by atoms with van der Waals surface area (Å²) in [5, 5.41) is 8.91. The van der Waals surface area contributed by atoms with Crippen molar-refractivity contribution in [2.45, 2.75) is 13.0 Å². The van der Waals surface area contributed by atoms with Crippen molar-refractivity contribution >= 4 is 0 Å². The molecule has 0 spiro atoms. The Labute approximate surface area is 97.3 Å². The fraction of sp³-hybridized carbons (Fsp3) is 0.250. The molecule has 0 radical (unpaired) electrons. The molecule has 3 nitrogen and oxygen atoms in total. The second-order valence-electron chi connectivity index (χ2n) is 3.72. The van der Waals surface area contributed by atoms with Crippen molar-refractivity contribution in [3.05, 3.63) is 41.7 Å². The van der Waals surface area contributed by atoms with Gasteiger partial charge in [0.15, 0.2) is 0 Å². The van der Waals surface area contributed by atoms with Crippen LogP contribution in [0.15, 0.2) is 30.5 Å². The first-order valence-electron chi connectivity index (χ1n) is 5.13. The number of benzene rings is 1. The second kappa shape index (κ2) is 4.63. The van der Waals surface area contributed by atoms with Crippen LogP contribution >= 0.6 is 0 Å². The summed E-state index contributed by atoms with van der Waals surface area (Å²) < 4.78 is 26.5. The van der Waals surface area contributed by atoms with E-state index in [1.165, 1.54) is 10.8 Å². The Morgan fingerprint density at radius 2 is 1.94 bits per heavy atom. The molecule has 0 aliphatic carbocycles. The molecule has 0 aliphatic rings. The molecule has 0 amide bonds. The Morgan fingerprint density at radius 1 is 1.29 bits per heavy atom. The van der Waals surface area contributed by atoms with Gasteiger partial charge < -0.3 is 9.67 Å². The van der Waals surface area contributed by atoms with Crippen molar-refractivity contribution < 1.29 is 13.9 Å². The number of nitrogens with zero attached hydrogens (tertiary/aromatic N) is 2. The quantitative estimate of drug-likeness (QED) is 0.892. The van der Waals surface area contributed by atoms with Crippen molar-refractivity contribution in [1.29, 1.82) is 0 Å². The summed E-state index contributed by atoms with van der Waals surface area (Å²) in [6, 6.07) is 6.99. The van der Waals surface area contributed by atoms with Gasteiger partial charge >= 0.3 is 0 Å². The maximum absolute atomic E-state index is 12.6. The largest absolute Gasteiger partial charge is 0.392 e. The summed E-state index contributed by atoms with van der Waals surface area (Å²) >= 11 is 0. The van der Waals surface area contributed by atoms with Crippen LogP contribution in [-0.4, -0.2) is 14.7 Å². The van der Waals surface area contributed by atoms with Crippen LogP contribution in [0, 0.1) is 0 Å². The maximum Gasteiger partial charge on any atom is 0.280 e. The van der Waals surface area contributed by atoms with E-state index >= 15 is 0 Å². The Hall–Kier alpha value is -1.75. The van der Waals surface area contributed by atoms with E-state index in [4.69, 9.17) is 5.11 Å². The summed E-state index contributed by atoms with van der Waals surface area (Å²) in [6.07, 6.45) is -1.35. The number of halogens is 2. The zero-order chi connectivity index (χ0) is 12.4. The molecule has 1 heterocycles. The van der Waals surface area contributed by atoms with E-state index < -0.39 is 6.43 Å². The molecule has 1 aromatic heterocycles. The topological polar surface area (TPSA) is 38.0 Å². The van der Waals surface area contributed by atoms with Crippen molar-refractivity contribution in [1.82, 2.24) is 9.55 Å². The first kappa shape index (κ1) is 11.7. The fourth-order valence-electron chi connectivity index (χ4n) is 1.65. The zero-order valence-corrected chi connectivity index (χ0v) is 9.27. The van der Waals surface area contributed by atoms with Gasteiger partial charge in [-0.15, -0.1) is 0 Å². The minimum atomic E-state index is -2.53. The molecule has 0 bridgehead atoms. The van der Waals surface area contributed by atoms with Gasteiger partial charge in [0.1, 0.15) is 11.5 Å². The number of alkyl halides is 2. The van der Waals surface area contributed by atoms with Crippen LogP contribution in [0.3, 0.4) is 0 Å². The first-order chi connectivity index (χ1) is 8.13. The highest BCUT2D eigenvalue weighted by Crippen LogP contribution is 2.24. The summed E-state index contributed by atoms with van der Waals surface area (Å²) in [5.41, 5.74) is 1.42. The van der Waals surface area contributed by atoms with Gasteiger partial charge in [-0.25, -0.2) is 13.8 Å². The normalized spacial score (nSPS) is 11.1. The van der Waals surface area contributed by atoms with Gasteiger partial charge in [0.25, 0.3) is 6.43 Å². The molecule has 0 saturated carbocycles. The molecule has 17 heavy (non-hydrogen) atoms. The third kappa shape index (κ3) is 2.19. The molecule has 0 saturated heterocycles. The van der Waals surface area contributed by atoms with Gasteiger partial charge in [-0.3, -0.25) is 0 Å². The molecule has 90 valence electrons. The maximum atomic E-state index is 12.6. The average Bonchev–Trinajstić information content (AvgIpc) is 2.71. The fourth-order valence-corrected chi connectivity index (χ4v) is 1.65. The van der Waals surface area contributed by atoms with Crippen LogP contribution in [0.25, 0.3) is 11.4 Å². The molecule has 0 aliphatic heterocycles. The highest BCUT2D eigenvalue weighted by Gasteiger charge is 2.15. The van der Waals surface area contributed by atoms with E-state index in [0.717, 1.165) is 11.1 Å². The number of aliphatic hydroxyl groups is 1. The third-order valence-electron chi connectivity index (χ3n) is 2.64.